The first kappa shape index (κ1) is 16.4. The molecule has 0 spiro atoms. The number of tetrazole rings is 1. The van der Waals surface area contributed by atoms with Crippen molar-refractivity contribution in [3.05, 3.63) is 17.5 Å². The number of hydrogen-bond donors (Lipinski definition) is 1. The molecule has 0 saturated heterocycles. The van der Waals surface area contributed by atoms with Crippen molar-refractivity contribution in [2.75, 3.05) is 0 Å². The van der Waals surface area contributed by atoms with Gasteiger partial charge in [0.15, 0.2) is 0 Å². The van der Waals surface area contributed by atoms with Gasteiger partial charge in [-0.3, -0.25) is 4.79 Å². The van der Waals surface area contributed by atoms with Crippen LogP contribution in [0.5, 0.6) is 0 Å². The first-order valence-electron chi connectivity index (χ1n) is 8.58. The van der Waals surface area contributed by atoms with Crippen LogP contribution < -0.4 is 5.43 Å². The van der Waals surface area contributed by atoms with Crippen LogP contribution in [-0.2, 0) is 11.3 Å². The number of thiophene rings is 1. The maximum atomic E-state index is 12.2. The van der Waals surface area contributed by atoms with Crippen molar-refractivity contribution in [3.8, 4) is 10.7 Å². The van der Waals surface area contributed by atoms with Crippen molar-refractivity contribution in [3.63, 3.8) is 0 Å². The number of hydrogen-bond acceptors (Lipinski definition) is 6. The first-order valence-corrected chi connectivity index (χ1v) is 9.46. The zero-order valence-electron chi connectivity index (χ0n) is 14.7. The van der Waals surface area contributed by atoms with E-state index in [1.807, 2.05) is 17.5 Å². The second-order valence-electron chi connectivity index (χ2n) is 7.71. The lowest BCUT2D eigenvalue weighted by Crippen LogP contribution is -2.34. The Balaban J connectivity index is 1.41. The van der Waals surface area contributed by atoms with Gasteiger partial charge in [0, 0.05) is 11.1 Å². The summed E-state index contributed by atoms with van der Waals surface area (Å²) < 4.78 is 0. The fourth-order valence-electron chi connectivity index (χ4n) is 4.21. The minimum atomic E-state index is -0.230. The quantitative estimate of drug-likeness (QED) is 0.852. The van der Waals surface area contributed by atoms with Gasteiger partial charge in [-0.15, -0.1) is 21.5 Å². The van der Waals surface area contributed by atoms with Crippen molar-refractivity contribution in [2.45, 2.75) is 46.6 Å². The maximum Gasteiger partial charge on any atom is 0.263 e. The minimum absolute atomic E-state index is 0.0126. The molecule has 2 aliphatic rings. The van der Waals surface area contributed by atoms with Gasteiger partial charge in [0.1, 0.15) is 6.54 Å². The number of amides is 1. The molecule has 2 unspecified atom stereocenters. The average Bonchev–Trinajstić information content (AvgIpc) is 3.30. The molecule has 7 nitrogen and oxygen atoms in total. The van der Waals surface area contributed by atoms with Crippen molar-refractivity contribution in [1.29, 1.82) is 0 Å². The summed E-state index contributed by atoms with van der Waals surface area (Å²) in [5.74, 6) is 0.974. The van der Waals surface area contributed by atoms with Crippen LogP contribution in [0.2, 0.25) is 0 Å². The molecule has 0 aromatic carbocycles. The highest BCUT2D eigenvalue weighted by Crippen LogP contribution is 2.63. The zero-order chi connectivity index (χ0) is 17.7. The van der Waals surface area contributed by atoms with Gasteiger partial charge in [-0.25, -0.2) is 5.43 Å². The molecule has 4 rings (SSSR count). The number of rotatable bonds is 4. The van der Waals surface area contributed by atoms with E-state index in [1.165, 1.54) is 11.2 Å². The third kappa shape index (κ3) is 2.59. The van der Waals surface area contributed by atoms with Crippen LogP contribution in [0.1, 0.15) is 40.0 Å². The molecule has 2 heterocycles. The fourth-order valence-corrected chi connectivity index (χ4v) is 4.85. The van der Waals surface area contributed by atoms with Gasteiger partial charge >= 0.3 is 0 Å². The van der Waals surface area contributed by atoms with Crippen molar-refractivity contribution in [1.82, 2.24) is 25.6 Å². The summed E-state index contributed by atoms with van der Waals surface area (Å²) >= 11 is 1.54. The number of fused-ring (bicyclic) bond motifs is 2. The lowest BCUT2D eigenvalue weighted by Gasteiger charge is -2.34. The van der Waals surface area contributed by atoms with Crippen LogP contribution in [0.15, 0.2) is 22.6 Å². The van der Waals surface area contributed by atoms with Crippen molar-refractivity contribution < 1.29 is 4.79 Å². The Morgan fingerprint density at radius 2 is 2.32 bits per heavy atom. The highest BCUT2D eigenvalue weighted by molar-refractivity contribution is 7.13. The van der Waals surface area contributed by atoms with Gasteiger partial charge in [-0.05, 0) is 47.3 Å². The predicted octanol–water partition coefficient (Wildman–Crippen LogP) is 2.72. The second-order valence-corrected chi connectivity index (χ2v) is 8.66. The molecular weight excluding hydrogens is 336 g/mol. The molecule has 2 aromatic rings. The SMILES string of the molecule is CC12CCC(C/C1=N\NC(=O)Cn1nnc(-c3cccs3)n1)C2(C)C. The van der Waals surface area contributed by atoms with Gasteiger partial charge in [-0.1, -0.05) is 26.8 Å². The molecule has 8 heteroatoms. The van der Waals surface area contributed by atoms with E-state index in [2.05, 4.69) is 46.7 Å². The maximum absolute atomic E-state index is 12.2. The second kappa shape index (κ2) is 5.72. The number of carbonyl (C=O) groups is 1. The predicted molar refractivity (Wildman–Crippen MR) is 95.9 cm³/mol. The normalized spacial score (nSPS) is 28.6. The number of carbonyl (C=O) groups excluding carboxylic acids is 1. The third-order valence-corrected chi connectivity index (χ3v) is 7.17. The van der Waals surface area contributed by atoms with E-state index >= 15 is 0 Å². The van der Waals surface area contributed by atoms with E-state index in [0.29, 0.717) is 11.7 Å². The van der Waals surface area contributed by atoms with E-state index in [4.69, 9.17) is 0 Å². The van der Waals surface area contributed by atoms with Gasteiger partial charge in [-0.2, -0.15) is 9.90 Å². The molecule has 2 saturated carbocycles. The Morgan fingerprint density at radius 1 is 1.48 bits per heavy atom. The monoisotopic (exact) mass is 358 g/mol. The van der Waals surface area contributed by atoms with E-state index in [1.54, 1.807) is 11.3 Å². The summed E-state index contributed by atoms with van der Waals surface area (Å²) in [5.41, 5.74) is 4.14. The van der Waals surface area contributed by atoms with Crippen LogP contribution in [0.25, 0.3) is 10.7 Å². The van der Waals surface area contributed by atoms with Crippen LogP contribution in [-0.4, -0.2) is 31.8 Å². The van der Waals surface area contributed by atoms with Crippen LogP contribution in [0.3, 0.4) is 0 Å². The standard InChI is InChI=1S/C17H22N6OS/c1-16(2)11-6-7-17(16,3)13(9-11)18-19-14(24)10-23-21-15(20-22-23)12-5-4-8-25-12/h4-5,8,11H,6-7,9-10H2,1-3H3,(H,19,24)/b18-13+. The Labute approximate surface area is 150 Å². The van der Waals surface area contributed by atoms with Crippen molar-refractivity contribution in [2.24, 2.45) is 21.8 Å². The van der Waals surface area contributed by atoms with E-state index in [0.717, 1.165) is 23.4 Å². The lowest BCUT2D eigenvalue weighted by atomic mass is 9.70. The molecule has 0 radical (unpaired) electrons. The molecule has 132 valence electrons. The highest BCUT2D eigenvalue weighted by Gasteiger charge is 2.59. The highest BCUT2D eigenvalue weighted by atomic mass is 32.1. The molecule has 1 N–H and O–H groups in total. The minimum Gasteiger partial charge on any atom is -0.271 e. The summed E-state index contributed by atoms with van der Waals surface area (Å²) in [6.07, 6.45) is 3.38. The molecule has 2 bridgehead atoms. The van der Waals surface area contributed by atoms with Crippen LogP contribution in [0.4, 0.5) is 0 Å². The molecular formula is C17H22N6OS. The summed E-state index contributed by atoms with van der Waals surface area (Å²) in [6.45, 7) is 6.93. The molecule has 2 fully saturated rings. The third-order valence-electron chi connectivity index (χ3n) is 6.31. The zero-order valence-corrected chi connectivity index (χ0v) is 15.5. The first-order chi connectivity index (χ1) is 11.9. The van der Waals surface area contributed by atoms with E-state index in [-0.39, 0.29) is 23.3 Å². The Kier molecular flexibility index (Phi) is 3.75. The summed E-state index contributed by atoms with van der Waals surface area (Å²) in [4.78, 5) is 14.4. The topological polar surface area (TPSA) is 85.1 Å². The van der Waals surface area contributed by atoms with Gasteiger partial charge in [0.05, 0.1) is 4.88 Å². The molecule has 1 amide bonds. The van der Waals surface area contributed by atoms with Gasteiger partial charge in [0.25, 0.3) is 5.91 Å². The lowest BCUT2D eigenvalue weighted by molar-refractivity contribution is -0.122. The van der Waals surface area contributed by atoms with Crippen LogP contribution >= 0.6 is 11.3 Å². The number of hydrazone groups is 1. The fraction of sp³-hybridized carbons (Fsp3) is 0.588. The molecule has 2 aliphatic carbocycles. The summed E-state index contributed by atoms with van der Waals surface area (Å²) in [6, 6.07) is 3.86. The smallest absolute Gasteiger partial charge is 0.263 e. The van der Waals surface area contributed by atoms with Crippen molar-refractivity contribution >= 4 is 23.0 Å². The van der Waals surface area contributed by atoms with Gasteiger partial charge in [0.2, 0.25) is 5.82 Å². The Bertz CT molecular complexity index is 824. The molecule has 0 aliphatic heterocycles. The van der Waals surface area contributed by atoms with Gasteiger partial charge < -0.3 is 0 Å². The largest absolute Gasteiger partial charge is 0.271 e. The molecule has 2 aromatic heterocycles. The molecule has 25 heavy (non-hydrogen) atoms. The number of nitrogens with zero attached hydrogens (tertiary/aromatic N) is 5. The van der Waals surface area contributed by atoms with E-state index < -0.39 is 0 Å². The number of aromatic nitrogens is 4. The summed E-state index contributed by atoms with van der Waals surface area (Å²) in [5, 5.41) is 18.6. The number of nitrogens with one attached hydrogen (secondary N) is 1. The van der Waals surface area contributed by atoms with E-state index in [9.17, 15) is 4.79 Å². The molecule has 2 atom stereocenters. The summed E-state index contributed by atoms with van der Waals surface area (Å²) in [7, 11) is 0. The Morgan fingerprint density at radius 3 is 2.96 bits per heavy atom. The van der Waals surface area contributed by atoms with Crippen LogP contribution in [0, 0.1) is 16.7 Å². The average molecular weight is 358 g/mol. The Hall–Kier alpha value is -2.09.